The van der Waals surface area contributed by atoms with E-state index in [0.717, 1.165) is 5.56 Å². The van der Waals surface area contributed by atoms with Crippen LogP contribution < -0.4 is 5.32 Å². The van der Waals surface area contributed by atoms with Gasteiger partial charge in [-0.15, -0.1) is 0 Å². The number of hydrogen-bond acceptors (Lipinski definition) is 3. The van der Waals surface area contributed by atoms with E-state index in [2.05, 4.69) is 5.32 Å². The second kappa shape index (κ2) is 7.83. The number of amides is 3. The molecule has 0 saturated carbocycles. The Labute approximate surface area is 157 Å². The van der Waals surface area contributed by atoms with Gasteiger partial charge in [-0.1, -0.05) is 23.7 Å². The summed E-state index contributed by atoms with van der Waals surface area (Å²) in [7, 11) is 3.52. The minimum Gasteiger partial charge on any atom is -0.459 e. The van der Waals surface area contributed by atoms with Crippen molar-refractivity contribution in [3.05, 3.63) is 47.2 Å². The van der Waals surface area contributed by atoms with E-state index < -0.39 is 0 Å². The monoisotopic (exact) mass is 375 g/mol. The molecule has 0 unspecified atom stereocenters. The van der Waals surface area contributed by atoms with Gasteiger partial charge in [0.15, 0.2) is 0 Å². The van der Waals surface area contributed by atoms with Gasteiger partial charge in [-0.25, -0.2) is 4.79 Å². The van der Waals surface area contributed by atoms with Crippen LogP contribution in [0.15, 0.2) is 40.8 Å². The third-order valence-corrected chi connectivity index (χ3v) is 4.84. The van der Waals surface area contributed by atoms with Crippen LogP contribution in [-0.2, 0) is 11.3 Å². The molecule has 1 atom stereocenters. The second-order valence-electron chi connectivity index (χ2n) is 6.63. The van der Waals surface area contributed by atoms with Crippen molar-refractivity contribution in [2.75, 3.05) is 27.2 Å². The molecule has 1 N–H and O–H groups in total. The molecule has 3 amide bonds. The first kappa shape index (κ1) is 18.3. The van der Waals surface area contributed by atoms with Crippen molar-refractivity contribution in [3.63, 3.8) is 0 Å². The molecule has 0 spiro atoms. The lowest BCUT2D eigenvalue weighted by molar-refractivity contribution is -0.126. The number of urea groups is 1. The highest BCUT2D eigenvalue weighted by Crippen LogP contribution is 2.29. The molecule has 1 aliphatic rings. The number of likely N-dealkylation sites (tertiary alicyclic amines) is 1. The number of furan rings is 1. The summed E-state index contributed by atoms with van der Waals surface area (Å²) >= 11 is 6.17. The van der Waals surface area contributed by atoms with Crippen LogP contribution >= 0.6 is 11.6 Å². The van der Waals surface area contributed by atoms with Gasteiger partial charge in [-0.05, 0) is 24.3 Å². The van der Waals surface area contributed by atoms with Crippen molar-refractivity contribution in [1.29, 1.82) is 0 Å². The zero-order chi connectivity index (χ0) is 18.7. The molecule has 1 aromatic heterocycles. The van der Waals surface area contributed by atoms with Gasteiger partial charge in [0.25, 0.3) is 0 Å². The van der Waals surface area contributed by atoms with E-state index in [9.17, 15) is 9.59 Å². The fourth-order valence-electron chi connectivity index (χ4n) is 3.13. The van der Waals surface area contributed by atoms with Crippen molar-refractivity contribution < 1.29 is 14.0 Å². The number of carbonyl (C=O) groups is 2. The molecular formula is C19H22ClN3O3. The van der Waals surface area contributed by atoms with Crippen molar-refractivity contribution in [2.24, 2.45) is 5.92 Å². The van der Waals surface area contributed by atoms with Crippen LogP contribution in [0.1, 0.15) is 12.2 Å². The van der Waals surface area contributed by atoms with E-state index >= 15 is 0 Å². The van der Waals surface area contributed by atoms with Crippen molar-refractivity contribution in [1.82, 2.24) is 15.1 Å². The quantitative estimate of drug-likeness (QED) is 0.872. The summed E-state index contributed by atoms with van der Waals surface area (Å²) in [4.78, 5) is 27.1. The van der Waals surface area contributed by atoms with Gasteiger partial charge in [-0.3, -0.25) is 4.79 Å². The summed E-state index contributed by atoms with van der Waals surface area (Å²) in [6, 6.07) is 10.9. The molecule has 0 aliphatic carbocycles. The lowest BCUT2D eigenvalue weighted by Gasteiger charge is -2.21. The number of nitrogens with zero attached hydrogens (tertiary/aromatic N) is 2. The number of carbonyl (C=O) groups excluding carboxylic acids is 2. The molecule has 2 aromatic rings. The van der Waals surface area contributed by atoms with Crippen LogP contribution in [0.2, 0.25) is 5.02 Å². The Bertz CT molecular complexity index is 805. The van der Waals surface area contributed by atoms with Gasteiger partial charge in [0.2, 0.25) is 5.91 Å². The smallest absolute Gasteiger partial charge is 0.317 e. The Kier molecular flexibility index (Phi) is 5.52. The predicted octanol–water partition coefficient (Wildman–Crippen LogP) is 3.22. The Morgan fingerprint density at radius 3 is 2.81 bits per heavy atom. The SMILES string of the molecule is CN1C[C@H](CN(C)C(=O)NCc2ccc(-c3ccccc3Cl)o2)CC1=O. The lowest BCUT2D eigenvalue weighted by Crippen LogP contribution is -2.39. The van der Waals surface area contributed by atoms with Gasteiger partial charge < -0.3 is 19.5 Å². The first-order chi connectivity index (χ1) is 12.4. The van der Waals surface area contributed by atoms with Crippen LogP contribution in [0.3, 0.4) is 0 Å². The summed E-state index contributed by atoms with van der Waals surface area (Å²) in [5.74, 6) is 1.63. The highest BCUT2D eigenvalue weighted by atomic mass is 35.5. The Morgan fingerprint density at radius 1 is 1.35 bits per heavy atom. The minimum absolute atomic E-state index is 0.131. The lowest BCUT2D eigenvalue weighted by atomic mass is 10.1. The van der Waals surface area contributed by atoms with Gasteiger partial charge >= 0.3 is 6.03 Å². The fourth-order valence-corrected chi connectivity index (χ4v) is 3.35. The zero-order valence-electron chi connectivity index (χ0n) is 14.9. The first-order valence-corrected chi connectivity index (χ1v) is 8.88. The molecule has 1 fully saturated rings. The van der Waals surface area contributed by atoms with Crippen molar-refractivity contribution in [3.8, 4) is 11.3 Å². The molecule has 7 heteroatoms. The van der Waals surface area contributed by atoms with Gasteiger partial charge in [0.05, 0.1) is 11.6 Å². The molecule has 0 radical (unpaired) electrons. The third kappa shape index (κ3) is 4.19. The molecule has 2 heterocycles. The molecular weight excluding hydrogens is 354 g/mol. The Balaban J connectivity index is 1.52. The first-order valence-electron chi connectivity index (χ1n) is 8.50. The van der Waals surface area contributed by atoms with E-state index in [-0.39, 0.29) is 24.4 Å². The number of hydrogen-bond donors (Lipinski definition) is 1. The van der Waals surface area contributed by atoms with Crippen LogP contribution in [0.4, 0.5) is 4.79 Å². The second-order valence-corrected chi connectivity index (χ2v) is 7.04. The van der Waals surface area contributed by atoms with Crippen LogP contribution in [0.25, 0.3) is 11.3 Å². The number of rotatable bonds is 5. The number of halogens is 1. The summed E-state index contributed by atoms with van der Waals surface area (Å²) < 4.78 is 5.77. The zero-order valence-corrected chi connectivity index (χ0v) is 15.6. The fraction of sp³-hybridized carbons (Fsp3) is 0.368. The third-order valence-electron chi connectivity index (χ3n) is 4.51. The summed E-state index contributed by atoms with van der Waals surface area (Å²) in [6.45, 7) is 1.53. The maximum atomic E-state index is 12.3. The number of benzene rings is 1. The average molecular weight is 376 g/mol. The minimum atomic E-state index is -0.192. The van der Waals surface area contributed by atoms with Gasteiger partial charge in [0, 0.05) is 45.1 Å². The highest BCUT2D eigenvalue weighted by molar-refractivity contribution is 6.33. The molecule has 1 aromatic carbocycles. The van der Waals surface area contributed by atoms with E-state index in [1.165, 1.54) is 0 Å². The standard InChI is InChI=1S/C19H22ClN3O3/c1-22-11-13(9-18(22)24)12-23(2)19(25)21-10-14-7-8-17(26-14)15-5-3-4-6-16(15)20/h3-8,13H,9-12H2,1-2H3,(H,21,25)/t13-/m1/s1. The predicted molar refractivity (Wildman–Crippen MR) is 99.8 cm³/mol. The van der Waals surface area contributed by atoms with Crippen molar-refractivity contribution >= 4 is 23.5 Å². The molecule has 26 heavy (non-hydrogen) atoms. The van der Waals surface area contributed by atoms with Gasteiger partial charge in [-0.2, -0.15) is 0 Å². The Morgan fingerprint density at radius 2 is 2.12 bits per heavy atom. The van der Waals surface area contributed by atoms with Gasteiger partial charge in [0.1, 0.15) is 11.5 Å². The summed E-state index contributed by atoms with van der Waals surface area (Å²) in [5, 5.41) is 3.45. The summed E-state index contributed by atoms with van der Waals surface area (Å²) in [5.41, 5.74) is 0.818. The number of nitrogens with one attached hydrogen (secondary N) is 1. The highest BCUT2D eigenvalue weighted by Gasteiger charge is 2.28. The summed E-state index contributed by atoms with van der Waals surface area (Å²) in [6.07, 6.45) is 0.494. The largest absolute Gasteiger partial charge is 0.459 e. The molecule has 138 valence electrons. The molecule has 1 aliphatic heterocycles. The maximum Gasteiger partial charge on any atom is 0.317 e. The molecule has 3 rings (SSSR count). The Hall–Kier alpha value is -2.47. The van der Waals surface area contributed by atoms with E-state index in [4.69, 9.17) is 16.0 Å². The van der Waals surface area contributed by atoms with Crippen LogP contribution in [-0.4, -0.2) is 48.9 Å². The van der Waals surface area contributed by atoms with E-state index in [1.54, 1.807) is 30.0 Å². The average Bonchev–Trinajstić information content (AvgIpc) is 3.20. The topological polar surface area (TPSA) is 65.8 Å². The van der Waals surface area contributed by atoms with Crippen molar-refractivity contribution in [2.45, 2.75) is 13.0 Å². The van der Waals surface area contributed by atoms with E-state index in [1.807, 2.05) is 30.3 Å². The van der Waals surface area contributed by atoms with Crippen LogP contribution in [0.5, 0.6) is 0 Å². The molecule has 1 saturated heterocycles. The molecule has 0 bridgehead atoms. The molecule has 6 nitrogen and oxygen atoms in total. The van der Waals surface area contributed by atoms with E-state index in [0.29, 0.717) is 36.1 Å². The van der Waals surface area contributed by atoms with Crippen LogP contribution in [0, 0.1) is 5.92 Å². The normalized spacial score (nSPS) is 16.8. The maximum absolute atomic E-state index is 12.3.